The van der Waals surface area contributed by atoms with Gasteiger partial charge in [-0.1, -0.05) is 18.2 Å². The van der Waals surface area contributed by atoms with Crippen LogP contribution in [-0.2, 0) is 0 Å². The van der Waals surface area contributed by atoms with E-state index in [-0.39, 0.29) is 11.4 Å². The lowest BCUT2D eigenvalue weighted by Gasteiger charge is -2.02. The van der Waals surface area contributed by atoms with Gasteiger partial charge in [-0.3, -0.25) is 4.79 Å². The van der Waals surface area contributed by atoms with Crippen molar-refractivity contribution in [2.75, 3.05) is 11.5 Å². The monoisotopic (exact) mass is 267 g/mol. The third-order valence-electron chi connectivity index (χ3n) is 3.19. The molecule has 5 nitrogen and oxygen atoms in total. The fourth-order valence-corrected chi connectivity index (χ4v) is 2.15. The highest BCUT2D eigenvalue weighted by Gasteiger charge is 2.16. The number of primary amides is 1. The molecule has 3 aromatic rings. The number of rotatable bonds is 2. The number of hydrogen-bond donors (Lipinski definition) is 3. The minimum atomic E-state index is -0.673. The van der Waals surface area contributed by atoms with Gasteiger partial charge in [0.15, 0.2) is 0 Å². The number of carbonyl (C=O) groups excluding carboxylic acids is 1. The van der Waals surface area contributed by atoms with E-state index in [1.54, 1.807) is 6.07 Å². The molecule has 0 unspecified atom stereocenters. The molecule has 5 heteroatoms. The molecule has 0 fully saturated rings. The summed E-state index contributed by atoms with van der Waals surface area (Å²) in [5, 5.41) is 0.674. The third-order valence-corrected chi connectivity index (χ3v) is 3.19. The molecule has 0 atom stereocenters. The van der Waals surface area contributed by atoms with Crippen molar-refractivity contribution in [1.82, 2.24) is 0 Å². The topological polar surface area (TPSA) is 108 Å². The minimum Gasteiger partial charge on any atom is -0.449 e. The van der Waals surface area contributed by atoms with Crippen molar-refractivity contribution in [3.63, 3.8) is 0 Å². The lowest BCUT2D eigenvalue weighted by Crippen LogP contribution is -2.11. The summed E-state index contributed by atoms with van der Waals surface area (Å²) in [5.41, 5.74) is 20.3. The minimum absolute atomic E-state index is 0.00513. The standard InChI is InChI=1S/C15H13N3O2/c16-10-4-1-8(2-5-10)9-3-6-12-11(7-9)13(17)14(20-12)15(18)19/h1-7H,16-17H2,(H2,18,19). The van der Waals surface area contributed by atoms with Gasteiger partial charge in [0.25, 0.3) is 5.91 Å². The molecule has 0 spiro atoms. The molecule has 20 heavy (non-hydrogen) atoms. The SMILES string of the molecule is NC(=O)c1oc2ccc(-c3ccc(N)cc3)cc2c1N. The van der Waals surface area contributed by atoms with Gasteiger partial charge in [0.2, 0.25) is 5.76 Å². The van der Waals surface area contributed by atoms with Gasteiger partial charge in [-0.25, -0.2) is 0 Å². The van der Waals surface area contributed by atoms with E-state index in [0.717, 1.165) is 11.1 Å². The van der Waals surface area contributed by atoms with Gasteiger partial charge >= 0.3 is 0 Å². The van der Waals surface area contributed by atoms with Crippen LogP contribution in [0, 0.1) is 0 Å². The first-order valence-corrected chi connectivity index (χ1v) is 6.04. The molecule has 1 heterocycles. The van der Waals surface area contributed by atoms with E-state index in [1.165, 1.54) is 0 Å². The van der Waals surface area contributed by atoms with Crippen LogP contribution in [0.15, 0.2) is 46.9 Å². The van der Waals surface area contributed by atoms with Crippen molar-refractivity contribution in [2.24, 2.45) is 5.73 Å². The van der Waals surface area contributed by atoms with Crippen molar-refractivity contribution in [1.29, 1.82) is 0 Å². The van der Waals surface area contributed by atoms with Crippen LogP contribution in [0.2, 0.25) is 0 Å². The van der Waals surface area contributed by atoms with Crippen LogP contribution in [0.5, 0.6) is 0 Å². The molecule has 2 aromatic carbocycles. The molecule has 1 aromatic heterocycles. The molecule has 100 valence electrons. The van der Waals surface area contributed by atoms with Crippen molar-refractivity contribution in [3.8, 4) is 11.1 Å². The molecule has 6 N–H and O–H groups in total. The van der Waals surface area contributed by atoms with Crippen LogP contribution in [0.4, 0.5) is 11.4 Å². The van der Waals surface area contributed by atoms with E-state index in [0.29, 0.717) is 16.7 Å². The van der Waals surface area contributed by atoms with Crippen molar-refractivity contribution in [3.05, 3.63) is 48.2 Å². The number of fused-ring (bicyclic) bond motifs is 1. The molecular formula is C15H13N3O2. The van der Waals surface area contributed by atoms with Crippen LogP contribution >= 0.6 is 0 Å². The summed E-state index contributed by atoms with van der Waals surface area (Å²) in [5.74, 6) is -0.679. The summed E-state index contributed by atoms with van der Waals surface area (Å²) in [6.45, 7) is 0. The maximum absolute atomic E-state index is 11.2. The lowest BCUT2D eigenvalue weighted by atomic mass is 10.0. The third kappa shape index (κ3) is 1.85. The Kier molecular flexibility index (Phi) is 2.61. The van der Waals surface area contributed by atoms with E-state index in [9.17, 15) is 4.79 Å². The summed E-state index contributed by atoms with van der Waals surface area (Å²) in [6, 6.07) is 13.0. The summed E-state index contributed by atoms with van der Waals surface area (Å²) in [7, 11) is 0. The molecular weight excluding hydrogens is 254 g/mol. The Morgan fingerprint density at radius 1 is 0.950 bits per heavy atom. The van der Waals surface area contributed by atoms with Crippen LogP contribution in [0.3, 0.4) is 0 Å². The zero-order chi connectivity index (χ0) is 14.3. The number of nitrogen functional groups attached to an aromatic ring is 2. The Labute approximate surface area is 115 Å². The van der Waals surface area contributed by atoms with Gasteiger partial charge in [0.1, 0.15) is 5.58 Å². The zero-order valence-electron chi connectivity index (χ0n) is 10.6. The quantitative estimate of drug-likeness (QED) is 0.619. The molecule has 1 amide bonds. The first kappa shape index (κ1) is 12.1. The summed E-state index contributed by atoms with van der Waals surface area (Å²) >= 11 is 0. The number of benzene rings is 2. The molecule has 0 saturated heterocycles. The number of hydrogen-bond acceptors (Lipinski definition) is 4. The summed E-state index contributed by atoms with van der Waals surface area (Å²) < 4.78 is 5.35. The highest BCUT2D eigenvalue weighted by Crippen LogP contribution is 2.32. The second kappa shape index (κ2) is 4.31. The zero-order valence-corrected chi connectivity index (χ0v) is 10.6. The summed E-state index contributed by atoms with van der Waals surface area (Å²) in [6.07, 6.45) is 0. The van der Waals surface area contributed by atoms with Crippen LogP contribution in [0.1, 0.15) is 10.6 Å². The number of carbonyl (C=O) groups is 1. The van der Waals surface area contributed by atoms with Gasteiger partial charge < -0.3 is 21.6 Å². The average Bonchev–Trinajstić information content (AvgIpc) is 2.77. The highest BCUT2D eigenvalue weighted by atomic mass is 16.3. The normalized spacial score (nSPS) is 10.8. The van der Waals surface area contributed by atoms with E-state index in [1.807, 2.05) is 36.4 Å². The Balaban J connectivity index is 2.17. The Morgan fingerprint density at radius 2 is 1.60 bits per heavy atom. The first-order chi connectivity index (χ1) is 9.56. The van der Waals surface area contributed by atoms with E-state index in [4.69, 9.17) is 21.6 Å². The van der Waals surface area contributed by atoms with Crippen LogP contribution in [0.25, 0.3) is 22.1 Å². The average molecular weight is 267 g/mol. The smallest absolute Gasteiger partial charge is 0.286 e. The fraction of sp³-hybridized carbons (Fsp3) is 0. The van der Waals surface area contributed by atoms with Crippen LogP contribution in [-0.4, -0.2) is 5.91 Å². The Bertz CT molecular complexity index is 804. The second-order valence-corrected chi connectivity index (χ2v) is 4.54. The Morgan fingerprint density at radius 3 is 2.25 bits per heavy atom. The molecule has 0 aliphatic carbocycles. The number of amides is 1. The van der Waals surface area contributed by atoms with Crippen molar-refractivity contribution in [2.45, 2.75) is 0 Å². The Hall–Kier alpha value is -2.95. The van der Waals surface area contributed by atoms with Gasteiger partial charge in [0.05, 0.1) is 5.69 Å². The van der Waals surface area contributed by atoms with Gasteiger partial charge in [-0.2, -0.15) is 0 Å². The largest absolute Gasteiger partial charge is 0.449 e. The molecule has 0 saturated carbocycles. The van der Waals surface area contributed by atoms with Gasteiger partial charge in [0, 0.05) is 11.1 Å². The van der Waals surface area contributed by atoms with E-state index < -0.39 is 5.91 Å². The van der Waals surface area contributed by atoms with Crippen LogP contribution < -0.4 is 17.2 Å². The molecule has 3 rings (SSSR count). The highest BCUT2D eigenvalue weighted by molar-refractivity contribution is 6.05. The number of anilines is 2. The summed E-state index contributed by atoms with van der Waals surface area (Å²) in [4.78, 5) is 11.2. The fourth-order valence-electron chi connectivity index (χ4n) is 2.15. The molecule has 0 aliphatic rings. The predicted molar refractivity (Wildman–Crippen MR) is 79.0 cm³/mol. The van der Waals surface area contributed by atoms with Gasteiger partial charge in [-0.15, -0.1) is 0 Å². The maximum Gasteiger partial charge on any atom is 0.286 e. The number of furan rings is 1. The number of nitrogens with two attached hydrogens (primary N) is 3. The molecule has 0 radical (unpaired) electrons. The van der Waals surface area contributed by atoms with Crippen molar-refractivity contribution < 1.29 is 9.21 Å². The van der Waals surface area contributed by atoms with E-state index in [2.05, 4.69) is 0 Å². The van der Waals surface area contributed by atoms with Crippen molar-refractivity contribution >= 4 is 28.3 Å². The van der Waals surface area contributed by atoms with E-state index >= 15 is 0 Å². The second-order valence-electron chi connectivity index (χ2n) is 4.54. The molecule has 0 bridgehead atoms. The molecule has 0 aliphatic heterocycles. The maximum atomic E-state index is 11.2. The predicted octanol–water partition coefficient (Wildman–Crippen LogP) is 2.36. The lowest BCUT2D eigenvalue weighted by molar-refractivity contribution is 0.0977. The van der Waals surface area contributed by atoms with Gasteiger partial charge in [-0.05, 0) is 35.4 Å². The first-order valence-electron chi connectivity index (χ1n) is 6.04.